The summed E-state index contributed by atoms with van der Waals surface area (Å²) < 4.78 is 14.9. The minimum absolute atomic E-state index is 0.164. The van der Waals surface area contributed by atoms with Gasteiger partial charge in [0, 0.05) is 0 Å². The molecule has 6 heteroatoms. The zero-order valence-corrected chi connectivity index (χ0v) is 11.2. The quantitative estimate of drug-likeness (QED) is 0.803. The Hall–Kier alpha value is -2.76. The summed E-state index contributed by atoms with van der Waals surface area (Å²) in [6.45, 7) is 1.86. The Kier molecular flexibility index (Phi) is 3.13. The smallest absolute Gasteiger partial charge is 0.335 e. The predicted molar refractivity (Wildman–Crippen MR) is 74.7 cm³/mol. The average molecular weight is 285 g/mol. The molecule has 3 rings (SSSR count). The van der Waals surface area contributed by atoms with Gasteiger partial charge in [-0.05, 0) is 42.8 Å². The third kappa shape index (κ3) is 2.35. The molecule has 3 aromatic rings. The van der Waals surface area contributed by atoms with Gasteiger partial charge in [-0.2, -0.15) is 0 Å². The SMILES string of the molecule is CC(c1cccc(F)c1)n1nnc2ccc(C(=O)O)cc21. The Morgan fingerprint density at radius 2 is 2.10 bits per heavy atom. The Bertz CT molecular complexity index is 829. The Balaban J connectivity index is 2.11. The van der Waals surface area contributed by atoms with Crippen molar-refractivity contribution in [3.8, 4) is 0 Å². The van der Waals surface area contributed by atoms with E-state index >= 15 is 0 Å². The van der Waals surface area contributed by atoms with Crippen LogP contribution in [0.4, 0.5) is 4.39 Å². The molecule has 0 spiro atoms. The van der Waals surface area contributed by atoms with E-state index < -0.39 is 5.97 Å². The van der Waals surface area contributed by atoms with Crippen LogP contribution in [0.2, 0.25) is 0 Å². The van der Waals surface area contributed by atoms with Gasteiger partial charge in [-0.15, -0.1) is 5.10 Å². The van der Waals surface area contributed by atoms with Crippen LogP contribution in [0.15, 0.2) is 42.5 Å². The molecule has 0 bridgehead atoms. The van der Waals surface area contributed by atoms with E-state index in [0.717, 1.165) is 5.56 Å². The molecule has 2 aromatic carbocycles. The maximum atomic E-state index is 13.3. The largest absolute Gasteiger partial charge is 0.478 e. The van der Waals surface area contributed by atoms with Crippen LogP contribution in [0.3, 0.4) is 0 Å². The van der Waals surface area contributed by atoms with Gasteiger partial charge in [0.2, 0.25) is 0 Å². The van der Waals surface area contributed by atoms with E-state index in [0.29, 0.717) is 11.0 Å². The molecule has 1 atom stereocenters. The fourth-order valence-corrected chi connectivity index (χ4v) is 2.26. The lowest BCUT2D eigenvalue weighted by atomic mass is 10.1. The Labute approximate surface area is 119 Å². The van der Waals surface area contributed by atoms with E-state index in [2.05, 4.69) is 10.3 Å². The fourth-order valence-electron chi connectivity index (χ4n) is 2.26. The van der Waals surface area contributed by atoms with Crippen LogP contribution in [-0.2, 0) is 0 Å². The molecule has 0 saturated heterocycles. The number of carboxylic acid groups (broad SMARTS) is 1. The van der Waals surface area contributed by atoms with Crippen molar-refractivity contribution in [1.82, 2.24) is 15.0 Å². The topological polar surface area (TPSA) is 68.0 Å². The molecular formula is C15H12FN3O2. The molecule has 0 amide bonds. The van der Waals surface area contributed by atoms with Crippen LogP contribution >= 0.6 is 0 Å². The van der Waals surface area contributed by atoms with Crippen molar-refractivity contribution in [3.63, 3.8) is 0 Å². The summed E-state index contributed by atoms with van der Waals surface area (Å²) in [6.07, 6.45) is 0. The van der Waals surface area contributed by atoms with Gasteiger partial charge in [-0.3, -0.25) is 0 Å². The number of aromatic nitrogens is 3. The molecule has 0 aliphatic heterocycles. The van der Waals surface area contributed by atoms with Gasteiger partial charge in [0.1, 0.15) is 11.3 Å². The van der Waals surface area contributed by atoms with Gasteiger partial charge >= 0.3 is 5.97 Å². The van der Waals surface area contributed by atoms with Crippen molar-refractivity contribution in [2.24, 2.45) is 0 Å². The van der Waals surface area contributed by atoms with Crippen molar-refractivity contribution in [1.29, 1.82) is 0 Å². The first-order valence-electron chi connectivity index (χ1n) is 6.40. The van der Waals surface area contributed by atoms with Gasteiger partial charge in [-0.25, -0.2) is 13.9 Å². The summed E-state index contributed by atoms with van der Waals surface area (Å²) in [5.74, 6) is -1.34. The Morgan fingerprint density at radius 1 is 1.29 bits per heavy atom. The number of fused-ring (bicyclic) bond motifs is 1. The molecule has 1 aromatic heterocycles. The van der Waals surface area contributed by atoms with Gasteiger partial charge in [0.15, 0.2) is 0 Å². The summed E-state index contributed by atoms with van der Waals surface area (Å²) in [5.41, 5.74) is 2.11. The number of rotatable bonds is 3. The van der Waals surface area contributed by atoms with E-state index in [1.807, 2.05) is 6.92 Å². The number of halogens is 1. The van der Waals surface area contributed by atoms with E-state index in [1.165, 1.54) is 24.3 Å². The van der Waals surface area contributed by atoms with Gasteiger partial charge in [-0.1, -0.05) is 17.3 Å². The monoisotopic (exact) mass is 285 g/mol. The number of hydrogen-bond acceptors (Lipinski definition) is 3. The predicted octanol–water partition coefficient (Wildman–Crippen LogP) is 2.88. The highest BCUT2D eigenvalue weighted by atomic mass is 19.1. The second-order valence-electron chi connectivity index (χ2n) is 4.77. The molecule has 1 heterocycles. The van der Waals surface area contributed by atoms with Gasteiger partial charge < -0.3 is 5.11 Å². The van der Waals surface area contributed by atoms with Crippen LogP contribution in [0, 0.1) is 5.82 Å². The molecule has 1 N–H and O–H groups in total. The van der Waals surface area contributed by atoms with E-state index in [4.69, 9.17) is 5.11 Å². The molecule has 0 radical (unpaired) electrons. The number of benzene rings is 2. The number of carbonyl (C=O) groups is 1. The molecule has 106 valence electrons. The maximum absolute atomic E-state index is 13.3. The molecule has 5 nitrogen and oxygen atoms in total. The summed E-state index contributed by atoms with van der Waals surface area (Å²) in [6, 6.07) is 10.6. The molecular weight excluding hydrogens is 273 g/mol. The minimum atomic E-state index is -1.01. The second-order valence-corrected chi connectivity index (χ2v) is 4.77. The first-order chi connectivity index (χ1) is 10.1. The van der Waals surface area contributed by atoms with E-state index in [-0.39, 0.29) is 17.4 Å². The zero-order valence-electron chi connectivity index (χ0n) is 11.2. The van der Waals surface area contributed by atoms with Gasteiger partial charge in [0.05, 0.1) is 17.1 Å². The molecule has 1 unspecified atom stereocenters. The number of carboxylic acids is 1. The molecule has 0 aliphatic rings. The number of nitrogens with zero attached hydrogens (tertiary/aromatic N) is 3. The lowest BCUT2D eigenvalue weighted by molar-refractivity contribution is 0.0697. The standard InChI is InChI=1S/C15H12FN3O2/c1-9(10-3-2-4-12(16)7-10)19-14-8-11(15(20)21)5-6-13(14)17-18-19/h2-9H,1H3,(H,20,21). The van der Waals surface area contributed by atoms with Crippen molar-refractivity contribution in [2.75, 3.05) is 0 Å². The van der Waals surface area contributed by atoms with Crippen LogP contribution in [0.1, 0.15) is 28.9 Å². The minimum Gasteiger partial charge on any atom is -0.478 e. The summed E-state index contributed by atoms with van der Waals surface area (Å²) >= 11 is 0. The number of aromatic carboxylic acids is 1. The third-order valence-electron chi connectivity index (χ3n) is 3.42. The lowest BCUT2D eigenvalue weighted by Crippen LogP contribution is -2.09. The Morgan fingerprint density at radius 3 is 2.81 bits per heavy atom. The molecule has 0 fully saturated rings. The highest BCUT2D eigenvalue weighted by molar-refractivity contribution is 5.92. The van der Waals surface area contributed by atoms with Crippen LogP contribution in [-0.4, -0.2) is 26.1 Å². The summed E-state index contributed by atoms with van der Waals surface area (Å²) in [4.78, 5) is 11.1. The van der Waals surface area contributed by atoms with Crippen LogP contribution < -0.4 is 0 Å². The summed E-state index contributed by atoms with van der Waals surface area (Å²) in [5, 5.41) is 17.1. The second kappa shape index (κ2) is 4.97. The van der Waals surface area contributed by atoms with Crippen LogP contribution in [0.5, 0.6) is 0 Å². The summed E-state index contributed by atoms with van der Waals surface area (Å²) in [7, 11) is 0. The van der Waals surface area contributed by atoms with E-state index in [1.54, 1.807) is 22.9 Å². The van der Waals surface area contributed by atoms with E-state index in [9.17, 15) is 9.18 Å². The number of hydrogen-bond donors (Lipinski definition) is 1. The van der Waals surface area contributed by atoms with Gasteiger partial charge in [0.25, 0.3) is 0 Å². The first-order valence-corrected chi connectivity index (χ1v) is 6.40. The van der Waals surface area contributed by atoms with Crippen molar-refractivity contribution in [2.45, 2.75) is 13.0 Å². The normalized spacial score (nSPS) is 12.5. The van der Waals surface area contributed by atoms with Crippen molar-refractivity contribution >= 4 is 17.0 Å². The average Bonchev–Trinajstić information content (AvgIpc) is 2.89. The zero-order chi connectivity index (χ0) is 15.0. The van der Waals surface area contributed by atoms with Crippen LogP contribution in [0.25, 0.3) is 11.0 Å². The third-order valence-corrected chi connectivity index (χ3v) is 3.42. The van der Waals surface area contributed by atoms with Crippen molar-refractivity contribution in [3.05, 3.63) is 59.4 Å². The first kappa shape index (κ1) is 13.2. The maximum Gasteiger partial charge on any atom is 0.335 e. The molecule has 0 saturated carbocycles. The van der Waals surface area contributed by atoms with Crippen molar-refractivity contribution < 1.29 is 14.3 Å². The lowest BCUT2D eigenvalue weighted by Gasteiger charge is -2.13. The fraction of sp³-hybridized carbons (Fsp3) is 0.133. The highest BCUT2D eigenvalue weighted by Gasteiger charge is 2.15. The molecule has 21 heavy (non-hydrogen) atoms. The highest BCUT2D eigenvalue weighted by Crippen LogP contribution is 2.23. The molecule has 0 aliphatic carbocycles.